The summed E-state index contributed by atoms with van der Waals surface area (Å²) < 4.78 is 51.2. The highest BCUT2D eigenvalue weighted by molar-refractivity contribution is 5.68. The quantitative estimate of drug-likeness (QED) is 0.611. The van der Waals surface area contributed by atoms with Crippen LogP contribution in [0, 0.1) is 6.92 Å². The first-order chi connectivity index (χ1) is 14.6. The predicted octanol–water partition coefficient (Wildman–Crippen LogP) is 2.94. The van der Waals surface area contributed by atoms with Gasteiger partial charge in [0, 0.05) is 7.05 Å². The van der Waals surface area contributed by atoms with E-state index in [9.17, 15) is 22.8 Å². The maximum Gasteiger partial charge on any atom is 0.416 e. The molecule has 31 heavy (non-hydrogen) atoms. The first-order valence-electron chi connectivity index (χ1n) is 8.97. The van der Waals surface area contributed by atoms with Crippen molar-refractivity contribution in [3.05, 3.63) is 69.9 Å². The first-order valence-corrected chi connectivity index (χ1v) is 8.97. The number of alkyl halides is 3. The van der Waals surface area contributed by atoms with E-state index in [2.05, 4.69) is 5.10 Å². The van der Waals surface area contributed by atoms with Crippen molar-refractivity contribution >= 4 is 5.97 Å². The average Bonchev–Trinajstić information content (AvgIpc) is 2.99. The number of aromatic nitrogens is 3. The van der Waals surface area contributed by atoms with Gasteiger partial charge < -0.3 is 14.6 Å². The molecule has 2 aromatic carbocycles. The molecule has 0 unspecified atom stereocenters. The summed E-state index contributed by atoms with van der Waals surface area (Å²) in [6, 6.07) is 8.85. The van der Waals surface area contributed by atoms with Gasteiger partial charge in [-0.1, -0.05) is 0 Å². The Bertz CT molecular complexity index is 1150. The number of ether oxygens (including phenoxy) is 2. The van der Waals surface area contributed by atoms with Crippen LogP contribution in [0.4, 0.5) is 13.2 Å². The maximum atomic E-state index is 12.7. The van der Waals surface area contributed by atoms with Crippen LogP contribution in [0.2, 0.25) is 0 Å². The molecule has 3 aromatic rings. The smallest absolute Gasteiger partial charge is 0.416 e. The molecule has 0 atom stereocenters. The first kappa shape index (κ1) is 21.9. The minimum Gasteiger partial charge on any atom is -0.485 e. The zero-order valence-electron chi connectivity index (χ0n) is 16.5. The van der Waals surface area contributed by atoms with Crippen LogP contribution in [0.25, 0.3) is 5.69 Å². The summed E-state index contributed by atoms with van der Waals surface area (Å²) in [5, 5.41) is 12.8. The van der Waals surface area contributed by atoms with Crippen LogP contribution >= 0.6 is 0 Å². The maximum absolute atomic E-state index is 12.7. The van der Waals surface area contributed by atoms with Gasteiger partial charge >= 0.3 is 17.8 Å². The molecule has 0 saturated carbocycles. The molecule has 0 radical (unpaired) electrons. The summed E-state index contributed by atoms with van der Waals surface area (Å²) in [6.45, 7) is 1.20. The molecule has 1 aromatic heterocycles. The fraction of sp³-hybridized carbons (Fsp3) is 0.250. The van der Waals surface area contributed by atoms with Gasteiger partial charge in [-0.25, -0.2) is 9.59 Å². The second-order valence-corrected chi connectivity index (χ2v) is 6.61. The predicted molar refractivity (Wildman–Crippen MR) is 102 cm³/mol. The second-order valence-electron chi connectivity index (χ2n) is 6.61. The third-order valence-corrected chi connectivity index (χ3v) is 4.38. The van der Waals surface area contributed by atoms with Crippen LogP contribution in [-0.2, 0) is 24.6 Å². The lowest BCUT2D eigenvalue weighted by molar-refractivity contribution is -0.139. The standard InChI is InChI=1S/C20H18F3N3O5/c1-12-9-15(30-11-18(27)28)7-8-16(12)31-10-17-24-26(19(29)25(17)2)14-5-3-13(4-6-14)20(21,22)23/h3-9H,10-11H2,1-2H3,(H,27,28). The van der Waals surface area contributed by atoms with E-state index in [1.807, 2.05) is 0 Å². The highest BCUT2D eigenvalue weighted by Gasteiger charge is 2.30. The van der Waals surface area contributed by atoms with Gasteiger partial charge in [0.25, 0.3) is 0 Å². The number of aryl methyl sites for hydroxylation is 1. The number of hydrogen-bond acceptors (Lipinski definition) is 5. The SMILES string of the molecule is Cc1cc(OCC(=O)O)ccc1OCc1nn(-c2ccc(C(F)(F)F)cc2)c(=O)n1C. The number of aliphatic carboxylic acids is 1. The lowest BCUT2D eigenvalue weighted by atomic mass is 10.2. The zero-order chi connectivity index (χ0) is 22.8. The molecule has 0 saturated heterocycles. The summed E-state index contributed by atoms with van der Waals surface area (Å²) in [7, 11) is 1.48. The van der Waals surface area contributed by atoms with Gasteiger partial charge in [0.2, 0.25) is 0 Å². The van der Waals surface area contributed by atoms with E-state index in [0.29, 0.717) is 17.1 Å². The van der Waals surface area contributed by atoms with Gasteiger partial charge in [0.1, 0.15) is 18.1 Å². The van der Waals surface area contributed by atoms with Crippen molar-refractivity contribution in [2.45, 2.75) is 19.7 Å². The van der Waals surface area contributed by atoms with E-state index in [4.69, 9.17) is 14.6 Å². The van der Waals surface area contributed by atoms with E-state index in [0.717, 1.165) is 16.8 Å². The minimum absolute atomic E-state index is 0.0739. The Kier molecular flexibility index (Phi) is 6.04. The molecule has 0 aliphatic heterocycles. The molecule has 0 fully saturated rings. The Hall–Kier alpha value is -3.76. The Morgan fingerprint density at radius 2 is 1.81 bits per heavy atom. The number of halogens is 3. The number of nitrogens with zero attached hydrogens (tertiary/aromatic N) is 3. The highest BCUT2D eigenvalue weighted by atomic mass is 19.4. The lowest BCUT2D eigenvalue weighted by Crippen LogP contribution is -2.22. The van der Waals surface area contributed by atoms with Crippen molar-refractivity contribution in [2.75, 3.05) is 6.61 Å². The minimum atomic E-state index is -4.47. The molecule has 0 amide bonds. The van der Waals surface area contributed by atoms with Crippen molar-refractivity contribution in [3.8, 4) is 17.2 Å². The number of carboxylic acids is 1. The number of carboxylic acid groups (broad SMARTS) is 1. The average molecular weight is 437 g/mol. The fourth-order valence-corrected chi connectivity index (χ4v) is 2.72. The fourth-order valence-electron chi connectivity index (χ4n) is 2.72. The normalized spacial score (nSPS) is 11.4. The zero-order valence-corrected chi connectivity index (χ0v) is 16.5. The van der Waals surface area contributed by atoms with Crippen molar-refractivity contribution in [3.63, 3.8) is 0 Å². The Labute approximate surface area is 174 Å². The second kappa shape index (κ2) is 8.54. The molecule has 0 spiro atoms. The van der Waals surface area contributed by atoms with Crippen LogP contribution in [0.1, 0.15) is 17.0 Å². The van der Waals surface area contributed by atoms with E-state index >= 15 is 0 Å². The number of rotatable bonds is 7. The Morgan fingerprint density at radius 3 is 2.39 bits per heavy atom. The third-order valence-electron chi connectivity index (χ3n) is 4.38. The molecule has 1 N–H and O–H groups in total. The summed E-state index contributed by atoms with van der Waals surface area (Å²) in [5.74, 6) is 0.00321. The van der Waals surface area contributed by atoms with E-state index in [1.165, 1.54) is 23.7 Å². The van der Waals surface area contributed by atoms with E-state index in [-0.39, 0.29) is 18.1 Å². The Morgan fingerprint density at radius 1 is 1.13 bits per heavy atom. The van der Waals surface area contributed by atoms with E-state index < -0.39 is 30.0 Å². The van der Waals surface area contributed by atoms with Crippen LogP contribution in [0.5, 0.6) is 11.5 Å². The van der Waals surface area contributed by atoms with Crippen LogP contribution in [0.15, 0.2) is 47.3 Å². The highest BCUT2D eigenvalue weighted by Crippen LogP contribution is 2.29. The van der Waals surface area contributed by atoms with Gasteiger partial charge in [-0.15, -0.1) is 5.10 Å². The van der Waals surface area contributed by atoms with Gasteiger partial charge in [0.05, 0.1) is 11.3 Å². The Balaban J connectivity index is 1.75. The molecule has 8 nitrogen and oxygen atoms in total. The molecule has 11 heteroatoms. The third kappa shape index (κ3) is 5.05. The van der Waals surface area contributed by atoms with Crippen molar-refractivity contribution in [1.82, 2.24) is 14.3 Å². The number of carbonyl (C=O) groups is 1. The van der Waals surface area contributed by atoms with Crippen LogP contribution < -0.4 is 15.2 Å². The number of benzene rings is 2. The summed E-state index contributed by atoms with van der Waals surface area (Å²) in [4.78, 5) is 23.0. The molecular weight excluding hydrogens is 419 g/mol. The van der Waals surface area contributed by atoms with Gasteiger partial charge in [-0.2, -0.15) is 17.9 Å². The molecule has 0 aliphatic carbocycles. The van der Waals surface area contributed by atoms with Crippen molar-refractivity contribution in [1.29, 1.82) is 0 Å². The summed E-state index contributed by atoms with van der Waals surface area (Å²) in [6.07, 6.45) is -4.47. The van der Waals surface area contributed by atoms with Crippen molar-refractivity contribution in [2.24, 2.45) is 7.05 Å². The van der Waals surface area contributed by atoms with Gasteiger partial charge in [-0.05, 0) is 55.0 Å². The van der Waals surface area contributed by atoms with Gasteiger partial charge in [0.15, 0.2) is 12.4 Å². The van der Waals surface area contributed by atoms with Crippen molar-refractivity contribution < 1.29 is 32.5 Å². The number of hydrogen-bond donors (Lipinski definition) is 1. The van der Waals surface area contributed by atoms with Crippen LogP contribution in [0.3, 0.4) is 0 Å². The van der Waals surface area contributed by atoms with Gasteiger partial charge in [-0.3, -0.25) is 4.57 Å². The lowest BCUT2D eigenvalue weighted by Gasteiger charge is -2.10. The molecule has 0 aliphatic rings. The van der Waals surface area contributed by atoms with Crippen LogP contribution in [-0.4, -0.2) is 32.0 Å². The molecule has 0 bridgehead atoms. The molecular formula is C20H18F3N3O5. The molecule has 1 heterocycles. The summed E-state index contributed by atoms with van der Waals surface area (Å²) >= 11 is 0. The largest absolute Gasteiger partial charge is 0.485 e. The molecule has 164 valence electrons. The summed E-state index contributed by atoms with van der Waals surface area (Å²) in [5.41, 5.74) is -0.492. The van der Waals surface area contributed by atoms with E-state index in [1.54, 1.807) is 25.1 Å². The molecule has 3 rings (SSSR count). The topological polar surface area (TPSA) is 95.6 Å². The monoisotopic (exact) mass is 437 g/mol.